The molecule has 8 nitrogen and oxygen atoms in total. The van der Waals surface area contributed by atoms with Gasteiger partial charge < -0.3 is 10.2 Å². The molecule has 182 valence electrons. The topological polar surface area (TPSA) is 118 Å². The van der Waals surface area contributed by atoms with Crippen LogP contribution in [-0.2, 0) is 14.9 Å². The predicted octanol–water partition coefficient (Wildman–Crippen LogP) is 2.22. The highest BCUT2D eigenvalue weighted by Gasteiger charge is 2.36. The van der Waals surface area contributed by atoms with Gasteiger partial charge >= 0.3 is 5.84 Å². The number of hydrogen-bond donors (Lipinski definition) is 3. The molecule has 0 aliphatic carbocycles. The van der Waals surface area contributed by atoms with Crippen molar-refractivity contribution >= 4 is 21.7 Å². The van der Waals surface area contributed by atoms with E-state index in [9.17, 15) is 23.4 Å². The Morgan fingerprint density at radius 1 is 1.03 bits per heavy atom. The minimum atomic E-state index is -4.28. The molecule has 3 N–H and O–H groups in total. The smallest absolute Gasteiger partial charge is 0.316 e. The van der Waals surface area contributed by atoms with E-state index in [1.807, 2.05) is 0 Å². The lowest BCUT2D eigenvalue weighted by molar-refractivity contribution is -0.525. The van der Waals surface area contributed by atoms with Crippen molar-refractivity contribution in [3.05, 3.63) is 0 Å². The average Bonchev–Trinajstić information content (AvgIpc) is 3.06. The third-order valence-electron chi connectivity index (χ3n) is 5.70. The maximum absolute atomic E-state index is 12.8. The lowest BCUT2D eigenvalue weighted by Crippen LogP contribution is -2.40. The van der Waals surface area contributed by atoms with Crippen LogP contribution in [0, 0.1) is 0 Å². The lowest BCUT2D eigenvalue weighted by Gasteiger charge is -2.13. The van der Waals surface area contributed by atoms with Crippen LogP contribution in [0.2, 0.25) is 0 Å². The number of β-amino-alcohol motifs (C(OH)–C–C–N with tert-alkyl or cyclic N) is 2. The number of carbonyl (C=O) groups excluding carboxylic acids is 1. The summed E-state index contributed by atoms with van der Waals surface area (Å²) in [5, 5.41) is 19.2. The number of hydrogen-bond acceptors (Lipinski definition) is 6. The number of ketones is 1. The fourth-order valence-electron chi connectivity index (χ4n) is 4.13. The Morgan fingerprint density at radius 3 is 2.10 bits per heavy atom. The van der Waals surface area contributed by atoms with Crippen LogP contribution >= 0.6 is 0 Å². The summed E-state index contributed by atoms with van der Waals surface area (Å²) in [6, 6.07) is 0. The number of amidine groups is 1. The van der Waals surface area contributed by atoms with E-state index < -0.39 is 22.0 Å². The molecular weight excluding hydrogens is 420 g/mol. The SMILES string of the molecule is CCCCCCCCCCCCCC(=O)C1=[N+](CC(O)CS(=O)(=O)O)CCN1CCO. The number of nitrogens with zero attached hydrogens (tertiary/aromatic N) is 2. The van der Waals surface area contributed by atoms with E-state index >= 15 is 0 Å². The van der Waals surface area contributed by atoms with E-state index in [1.165, 1.54) is 51.4 Å². The number of Topliss-reactive ketones (excluding diaryl/α,β-unsaturated/α-hetero) is 1. The Labute approximate surface area is 188 Å². The van der Waals surface area contributed by atoms with Gasteiger partial charge in [0, 0.05) is 6.42 Å². The second-order valence-corrected chi connectivity index (χ2v) is 10.1. The predicted molar refractivity (Wildman–Crippen MR) is 122 cm³/mol. The number of unbranched alkanes of at least 4 members (excludes halogenated alkanes) is 10. The molecule has 0 aromatic carbocycles. The van der Waals surface area contributed by atoms with Gasteiger partial charge in [0.15, 0.2) is 0 Å². The van der Waals surface area contributed by atoms with Crippen LogP contribution in [0.3, 0.4) is 0 Å². The summed E-state index contributed by atoms with van der Waals surface area (Å²) in [4.78, 5) is 14.6. The van der Waals surface area contributed by atoms with Crippen LogP contribution in [0.1, 0.15) is 84.0 Å². The fourth-order valence-corrected chi connectivity index (χ4v) is 4.73. The van der Waals surface area contributed by atoms with Crippen LogP contribution in [0.4, 0.5) is 0 Å². The van der Waals surface area contributed by atoms with Gasteiger partial charge in [0.05, 0.1) is 6.61 Å². The van der Waals surface area contributed by atoms with Crippen molar-refractivity contribution in [2.24, 2.45) is 0 Å². The minimum absolute atomic E-state index is 0.0406. The molecule has 0 saturated carbocycles. The van der Waals surface area contributed by atoms with E-state index in [0.717, 1.165) is 19.3 Å². The van der Waals surface area contributed by atoms with Crippen LogP contribution in [0.15, 0.2) is 0 Å². The van der Waals surface area contributed by atoms with Crippen molar-refractivity contribution in [3.63, 3.8) is 0 Å². The van der Waals surface area contributed by atoms with Gasteiger partial charge in [-0.25, -0.2) is 0 Å². The molecule has 0 spiro atoms. The molecule has 1 atom stereocenters. The second-order valence-electron chi connectivity index (χ2n) is 8.59. The van der Waals surface area contributed by atoms with Crippen LogP contribution < -0.4 is 0 Å². The normalized spacial score (nSPS) is 15.7. The van der Waals surface area contributed by atoms with Crippen molar-refractivity contribution in [3.8, 4) is 0 Å². The van der Waals surface area contributed by atoms with Gasteiger partial charge in [-0.1, -0.05) is 71.1 Å². The number of carbonyl (C=O) groups is 1. The molecule has 0 bridgehead atoms. The lowest BCUT2D eigenvalue weighted by atomic mass is 10.0. The summed E-state index contributed by atoms with van der Waals surface area (Å²) in [6.07, 6.45) is 12.4. The van der Waals surface area contributed by atoms with Gasteiger partial charge in [-0.2, -0.15) is 8.42 Å². The van der Waals surface area contributed by atoms with Crippen molar-refractivity contribution in [2.75, 3.05) is 38.5 Å². The minimum Gasteiger partial charge on any atom is -0.392 e. The zero-order chi connectivity index (χ0) is 23.1. The first-order valence-electron chi connectivity index (χ1n) is 11.9. The first-order chi connectivity index (χ1) is 14.8. The average molecular weight is 464 g/mol. The Bertz CT molecular complexity index is 650. The quantitative estimate of drug-likeness (QED) is 0.153. The molecular formula is C22H43N2O6S+. The molecule has 0 amide bonds. The molecule has 1 rings (SSSR count). The summed E-state index contributed by atoms with van der Waals surface area (Å²) in [7, 11) is -4.28. The van der Waals surface area contributed by atoms with Crippen molar-refractivity contribution in [1.29, 1.82) is 0 Å². The third-order valence-corrected chi connectivity index (χ3v) is 6.51. The molecule has 0 saturated heterocycles. The summed E-state index contributed by atoms with van der Waals surface area (Å²) in [5.41, 5.74) is 0. The zero-order valence-electron chi connectivity index (χ0n) is 19.2. The summed E-state index contributed by atoms with van der Waals surface area (Å²) in [5.74, 6) is -0.361. The highest BCUT2D eigenvalue weighted by atomic mass is 32.2. The molecule has 1 heterocycles. The van der Waals surface area contributed by atoms with E-state index in [2.05, 4.69) is 6.92 Å². The van der Waals surface area contributed by atoms with Gasteiger partial charge in [0.1, 0.15) is 38.0 Å². The molecule has 1 unspecified atom stereocenters. The van der Waals surface area contributed by atoms with Gasteiger partial charge in [-0.3, -0.25) is 18.8 Å². The van der Waals surface area contributed by atoms with Gasteiger partial charge in [0.2, 0.25) is 5.78 Å². The van der Waals surface area contributed by atoms with Gasteiger partial charge in [-0.15, -0.1) is 0 Å². The van der Waals surface area contributed by atoms with Crippen LogP contribution in [-0.4, -0.2) is 88.9 Å². The van der Waals surface area contributed by atoms with Crippen molar-refractivity contribution in [2.45, 2.75) is 90.1 Å². The number of rotatable bonds is 19. The van der Waals surface area contributed by atoms with Crippen LogP contribution in [0.5, 0.6) is 0 Å². The van der Waals surface area contributed by atoms with Crippen LogP contribution in [0.25, 0.3) is 0 Å². The van der Waals surface area contributed by atoms with Gasteiger partial charge in [0.25, 0.3) is 10.1 Å². The monoisotopic (exact) mass is 463 g/mol. The molecule has 9 heteroatoms. The summed E-state index contributed by atoms with van der Waals surface area (Å²) >= 11 is 0. The van der Waals surface area contributed by atoms with E-state index in [0.29, 0.717) is 31.9 Å². The molecule has 0 aromatic rings. The second kappa shape index (κ2) is 15.7. The Balaban J connectivity index is 2.40. The molecule has 31 heavy (non-hydrogen) atoms. The van der Waals surface area contributed by atoms with E-state index in [4.69, 9.17) is 4.55 Å². The van der Waals surface area contributed by atoms with Crippen molar-refractivity contribution in [1.82, 2.24) is 4.90 Å². The maximum Gasteiger partial charge on any atom is 0.316 e. The molecule has 0 fully saturated rings. The first-order valence-corrected chi connectivity index (χ1v) is 13.5. The zero-order valence-corrected chi connectivity index (χ0v) is 20.0. The third kappa shape index (κ3) is 12.6. The largest absolute Gasteiger partial charge is 0.392 e. The standard InChI is InChI=1S/C22H42N2O6S/c1-2-3-4-5-6-7-8-9-10-11-12-13-21(27)22-23(16-17-25)14-15-24(22)18-20(26)19-31(28,29)30/h20,25-26H,2-19H2,1H3/p+1. The summed E-state index contributed by atoms with van der Waals surface area (Å²) in [6.45, 7) is 3.44. The highest BCUT2D eigenvalue weighted by Crippen LogP contribution is 2.13. The first kappa shape index (κ1) is 28.0. The molecule has 1 aliphatic rings. The highest BCUT2D eigenvalue weighted by molar-refractivity contribution is 7.85. The number of aliphatic hydroxyl groups excluding tert-OH is 2. The van der Waals surface area contributed by atoms with Crippen molar-refractivity contribution < 1.29 is 32.6 Å². The molecule has 1 aliphatic heterocycles. The molecule has 0 aromatic heterocycles. The number of aliphatic hydroxyl groups is 2. The Morgan fingerprint density at radius 2 is 1.58 bits per heavy atom. The summed E-state index contributed by atoms with van der Waals surface area (Å²) < 4.78 is 32.6. The maximum atomic E-state index is 12.8. The Kier molecular flexibility index (Phi) is 14.2. The van der Waals surface area contributed by atoms with Gasteiger partial charge in [-0.05, 0) is 6.42 Å². The van der Waals surface area contributed by atoms with E-state index in [1.54, 1.807) is 9.48 Å². The molecule has 0 radical (unpaired) electrons. The Hall–Kier alpha value is -1.03. The van der Waals surface area contributed by atoms with E-state index in [-0.39, 0.29) is 18.9 Å². The fraction of sp³-hybridized carbons (Fsp3) is 0.909.